The van der Waals surface area contributed by atoms with Crippen LogP contribution >= 0.6 is 0 Å². The van der Waals surface area contributed by atoms with Crippen LogP contribution in [0, 0.1) is 0 Å². The maximum atomic E-state index is 9.54. The van der Waals surface area contributed by atoms with Crippen LogP contribution in [-0.2, 0) is 0 Å². The maximum absolute atomic E-state index is 9.54. The van der Waals surface area contributed by atoms with Gasteiger partial charge in [0.1, 0.15) is 11.2 Å². The van der Waals surface area contributed by atoms with E-state index in [1.807, 2.05) is 84.9 Å². The number of furan rings is 1. The number of hydrogen-bond acceptors (Lipinski definition) is 4. The molecule has 270 valence electrons. The Hall–Kier alpha value is -7.89. The molecule has 0 bridgehead atoms. The number of para-hydroxylation sites is 1. The molecule has 0 spiro atoms. The highest BCUT2D eigenvalue weighted by molar-refractivity contribution is 6.14. The van der Waals surface area contributed by atoms with Crippen LogP contribution < -0.4 is 0 Å². The van der Waals surface area contributed by atoms with Crippen molar-refractivity contribution in [3.63, 3.8) is 0 Å². The van der Waals surface area contributed by atoms with Crippen molar-refractivity contribution in [1.82, 2.24) is 19.5 Å². The molecule has 0 saturated carbocycles. The number of fused-ring (bicyclic) bond motifs is 8. The van der Waals surface area contributed by atoms with Gasteiger partial charge in [0.2, 0.25) is 0 Å². The number of hydrogen-bond donors (Lipinski definition) is 0. The molecule has 12 aromatic rings. The molecule has 3 aromatic heterocycles. The van der Waals surface area contributed by atoms with E-state index in [1.54, 1.807) is 0 Å². The Labute approximate surface area is 341 Å². The molecule has 0 aliphatic heterocycles. The van der Waals surface area contributed by atoms with E-state index in [4.69, 9.17) is 22.1 Å². The Bertz CT molecular complexity index is 3870. The maximum Gasteiger partial charge on any atom is 0.164 e. The van der Waals surface area contributed by atoms with E-state index in [2.05, 4.69) is 77.4 Å². The molecule has 0 unspecified atom stereocenters. The van der Waals surface area contributed by atoms with E-state index in [1.165, 1.54) is 16.2 Å². The smallest absolute Gasteiger partial charge is 0.164 e. The average Bonchev–Trinajstić information content (AvgIpc) is 3.89. The molecule has 0 amide bonds. The van der Waals surface area contributed by atoms with Gasteiger partial charge < -0.3 is 8.98 Å². The molecule has 0 saturated heterocycles. The molecule has 0 aliphatic carbocycles. The molecule has 3 heterocycles. The molecular weight excluding hydrogens is 709 g/mol. The normalized spacial score (nSPS) is 13.2. The van der Waals surface area contributed by atoms with E-state index >= 15 is 0 Å². The molecule has 5 nitrogen and oxygen atoms in total. The van der Waals surface area contributed by atoms with Crippen LogP contribution in [0.5, 0.6) is 0 Å². The summed E-state index contributed by atoms with van der Waals surface area (Å²) in [6.07, 6.45) is 0. The number of aromatic nitrogens is 4. The summed E-state index contributed by atoms with van der Waals surface area (Å²) in [5.41, 5.74) is 5.30. The quantitative estimate of drug-likeness (QED) is 0.176. The van der Waals surface area contributed by atoms with Crippen LogP contribution in [0.3, 0.4) is 0 Å². The minimum absolute atomic E-state index is 0.0271. The van der Waals surface area contributed by atoms with Gasteiger partial charge in [0.15, 0.2) is 17.5 Å². The lowest BCUT2D eigenvalue weighted by Gasteiger charge is -2.11. The fraction of sp³-hybridized carbons (Fsp3) is 0. The van der Waals surface area contributed by atoms with Gasteiger partial charge in [-0.1, -0.05) is 139 Å². The van der Waals surface area contributed by atoms with Crippen LogP contribution in [0.15, 0.2) is 198 Å². The predicted molar refractivity (Wildman–Crippen MR) is 238 cm³/mol. The summed E-state index contributed by atoms with van der Waals surface area (Å²) >= 11 is 0. The van der Waals surface area contributed by atoms with Crippen molar-refractivity contribution in [2.24, 2.45) is 0 Å². The van der Waals surface area contributed by atoms with Crippen LogP contribution in [0.1, 0.15) is 8.22 Å². The second-order valence-corrected chi connectivity index (χ2v) is 14.4. The van der Waals surface area contributed by atoms with Crippen LogP contribution in [0.25, 0.3) is 116 Å². The molecule has 0 radical (unpaired) electrons. The molecule has 0 aliphatic rings. The van der Waals surface area contributed by atoms with Crippen molar-refractivity contribution in [2.45, 2.75) is 0 Å². The summed E-state index contributed by atoms with van der Waals surface area (Å²) in [4.78, 5) is 14.4. The van der Waals surface area contributed by atoms with Gasteiger partial charge in [0.25, 0.3) is 0 Å². The summed E-state index contributed by atoms with van der Waals surface area (Å²) < 4.78 is 64.1. The van der Waals surface area contributed by atoms with Gasteiger partial charge in [0, 0.05) is 43.9 Å². The van der Waals surface area contributed by atoms with Gasteiger partial charge in [-0.25, -0.2) is 15.0 Å². The van der Waals surface area contributed by atoms with E-state index in [0.29, 0.717) is 28.3 Å². The third-order valence-electron chi connectivity index (χ3n) is 10.9. The van der Waals surface area contributed by atoms with Crippen LogP contribution in [0.4, 0.5) is 0 Å². The van der Waals surface area contributed by atoms with Gasteiger partial charge >= 0.3 is 0 Å². The van der Waals surface area contributed by atoms with E-state index in [9.17, 15) is 5.48 Å². The first-order valence-corrected chi connectivity index (χ1v) is 19.0. The lowest BCUT2D eigenvalue weighted by molar-refractivity contribution is 0.669. The zero-order valence-corrected chi connectivity index (χ0v) is 30.7. The third-order valence-corrected chi connectivity index (χ3v) is 10.9. The highest BCUT2D eigenvalue weighted by Crippen LogP contribution is 2.40. The minimum Gasteiger partial charge on any atom is -0.456 e. The average molecular weight is 747 g/mol. The van der Waals surface area contributed by atoms with Crippen LogP contribution in [-0.4, -0.2) is 19.5 Å². The highest BCUT2D eigenvalue weighted by atomic mass is 16.3. The zero-order valence-electron chi connectivity index (χ0n) is 36.7. The first kappa shape index (κ1) is 26.8. The highest BCUT2D eigenvalue weighted by Gasteiger charge is 2.19. The SMILES string of the molecule is [2H]c1c([2H])c(-c2nc(-c3ccccc3)nc(-c3ccccc3)n2)c2c(oc3c([2H])c(-c4ccc5cc(-n6c7ccccc7c7cc8ccccc8cc76)ccc5c4)c([2H])c([2H])c32)c1[2H]. The van der Waals surface area contributed by atoms with Crippen molar-refractivity contribution in [2.75, 3.05) is 0 Å². The van der Waals surface area contributed by atoms with Gasteiger partial charge in [-0.2, -0.15) is 0 Å². The standard InChI is InChI=1S/C53H32N4O/c1-3-12-33(13-4-1)51-54-52(34-14-5-2-6-15-34)56-53(55-51)44-19-11-21-48-50(44)43-27-25-40(32-49(43)58-48)37-22-23-39-29-41(26-24-38(39)28-37)57-46-20-10-9-18-42(46)45-30-35-16-7-8-17-36(35)31-47(45)57/h1-32H/i11D,19D,21D,25D,27D,32D. The second kappa shape index (κ2) is 12.8. The predicted octanol–water partition coefficient (Wildman–Crippen LogP) is 13.8. The van der Waals surface area contributed by atoms with Gasteiger partial charge in [0.05, 0.1) is 19.3 Å². The zero-order chi connectivity index (χ0) is 43.4. The fourth-order valence-corrected chi connectivity index (χ4v) is 8.14. The lowest BCUT2D eigenvalue weighted by Crippen LogP contribution is -2.00. The molecule has 58 heavy (non-hydrogen) atoms. The summed E-state index contributed by atoms with van der Waals surface area (Å²) in [5.74, 6) is 0.701. The molecule has 0 fully saturated rings. The largest absolute Gasteiger partial charge is 0.456 e. The summed E-state index contributed by atoms with van der Waals surface area (Å²) in [6, 6.07) is 50.3. The Morgan fingerprint density at radius 1 is 0.431 bits per heavy atom. The number of rotatable bonds is 5. The number of benzene rings is 9. The summed E-state index contributed by atoms with van der Waals surface area (Å²) in [6.45, 7) is 0. The monoisotopic (exact) mass is 746 g/mol. The van der Waals surface area contributed by atoms with Crippen molar-refractivity contribution in [3.8, 4) is 51.0 Å². The van der Waals surface area contributed by atoms with Crippen molar-refractivity contribution in [1.29, 1.82) is 0 Å². The first-order valence-electron chi connectivity index (χ1n) is 22.0. The van der Waals surface area contributed by atoms with Crippen molar-refractivity contribution < 1.29 is 12.6 Å². The first-order chi connectivity index (χ1) is 31.2. The second-order valence-electron chi connectivity index (χ2n) is 14.4. The Morgan fingerprint density at radius 2 is 1.09 bits per heavy atom. The van der Waals surface area contributed by atoms with Gasteiger partial charge in [-0.3, -0.25) is 0 Å². The summed E-state index contributed by atoms with van der Waals surface area (Å²) in [5, 5.41) is 6.74. The third kappa shape index (κ3) is 5.21. The van der Waals surface area contributed by atoms with Crippen LogP contribution in [0.2, 0.25) is 0 Å². The lowest BCUT2D eigenvalue weighted by atomic mass is 9.99. The Kier molecular flexibility index (Phi) is 5.94. The van der Waals surface area contributed by atoms with E-state index in [0.717, 1.165) is 32.9 Å². The van der Waals surface area contributed by atoms with E-state index < -0.39 is 6.04 Å². The fourth-order valence-electron chi connectivity index (χ4n) is 8.14. The molecule has 0 atom stereocenters. The molecular formula is C53H32N4O. The van der Waals surface area contributed by atoms with Gasteiger partial charge in [-0.05, 0) is 87.2 Å². The Morgan fingerprint density at radius 3 is 1.88 bits per heavy atom. The molecule has 0 N–H and O–H groups in total. The molecule has 12 rings (SSSR count). The van der Waals surface area contributed by atoms with E-state index in [-0.39, 0.29) is 69.1 Å². The molecule has 5 heteroatoms. The topological polar surface area (TPSA) is 56.7 Å². The summed E-state index contributed by atoms with van der Waals surface area (Å²) in [7, 11) is 0. The van der Waals surface area contributed by atoms with Crippen molar-refractivity contribution in [3.05, 3.63) is 194 Å². The van der Waals surface area contributed by atoms with Crippen molar-refractivity contribution >= 4 is 65.3 Å². The van der Waals surface area contributed by atoms with Gasteiger partial charge in [-0.15, -0.1) is 0 Å². The number of nitrogens with zero attached hydrogens (tertiary/aromatic N) is 4. The minimum atomic E-state index is -0.419. The molecule has 9 aromatic carbocycles. The Balaban J connectivity index is 1.03.